The highest BCUT2D eigenvalue weighted by Crippen LogP contribution is 2.48. The van der Waals surface area contributed by atoms with E-state index in [9.17, 15) is 14.7 Å². The average molecular weight is 327 g/mol. The number of allylic oxidation sites excluding steroid dienone is 2. The molecule has 1 amide bonds. The second kappa shape index (κ2) is 5.92. The van der Waals surface area contributed by atoms with Crippen molar-refractivity contribution in [2.75, 3.05) is 31.1 Å². The molecule has 126 valence electrons. The number of nitrogens with zero attached hydrogens (tertiary/aromatic N) is 2. The lowest BCUT2D eigenvalue weighted by Crippen LogP contribution is -2.53. The number of aliphatic carboxylic acids is 1. The molecule has 1 aromatic rings. The van der Waals surface area contributed by atoms with Gasteiger partial charge in [-0.15, -0.1) is 0 Å². The van der Waals surface area contributed by atoms with Crippen LogP contribution in [0.4, 0.5) is 5.82 Å². The molecule has 2 aliphatic carbocycles. The first-order valence-electron chi connectivity index (χ1n) is 8.55. The summed E-state index contributed by atoms with van der Waals surface area (Å²) in [7, 11) is 0. The van der Waals surface area contributed by atoms with Crippen molar-refractivity contribution in [3.05, 3.63) is 36.5 Å². The van der Waals surface area contributed by atoms with Crippen molar-refractivity contribution in [1.82, 2.24) is 4.90 Å². The van der Waals surface area contributed by atoms with Crippen LogP contribution in [0.1, 0.15) is 6.42 Å². The summed E-state index contributed by atoms with van der Waals surface area (Å²) in [6.45, 7) is 2.75. The zero-order valence-electron chi connectivity index (χ0n) is 13.4. The summed E-state index contributed by atoms with van der Waals surface area (Å²) in [6, 6.07) is 5.94. The number of carboxylic acid groups (broad SMARTS) is 1. The van der Waals surface area contributed by atoms with Gasteiger partial charge in [0.15, 0.2) is 0 Å². The molecule has 2 bridgehead atoms. The van der Waals surface area contributed by atoms with Crippen molar-refractivity contribution >= 4 is 17.7 Å². The predicted octanol–water partition coefficient (Wildman–Crippen LogP) is -0.662. The summed E-state index contributed by atoms with van der Waals surface area (Å²) in [5.74, 6) is -1.13. The standard InChI is InChI=1S/C18H21N3O3/c22-17(15-12-4-5-13(11-12)16(15)18(23)24)21-9-7-20(8-10-21)14-3-1-2-6-19-14/h1-6,12-13,15-16H,7-11H2,(H,23,24)/t12-,13+,15-,16+/m1/s1. The maximum absolute atomic E-state index is 12.9. The number of anilines is 1. The number of amides is 1. The zero-order valence-corrected chi connectivity index (χ0v) is 13.4. The number of pyridine rings is 1. The molecule has 3 aliphatic rings. The van der Waals surface area contributed by atoms with Gasteiger partial charge in [0.1, 0.15) is 13.1 Å². The molecule has 2 fully saturated rings. The van der Waals surface area contributed by atoms with E-state index in [4.69, 9.17) is 0 Å². The van der Waals surface area contributed by atoms with Crippen LogP contribution in [-0.4, -0.2) is 43.0 Å². The fraction of sp³-hybridized carbons (Fsp3) is 0.500. The summed E-state index contributed by atoms with van der Waals surface area (Å²) in [5.41, 5.74) is 0. The lowest BCUT2D eigenvalue weighted by Gasteiger charge is -2.36. The maximum Gasteiger partial charge on any atom is 0.274 e. The van der Waals surface area contributed by atoms with Crippen molar-refractivity contribution in [3.63, 3.8) is 0 Å². The summed E-state index contributed by atoms with van der Waals surface area (Å²) in [5, 5.41) is 11.5. The van der Waals surface area contributed by atoms with Crippen molar-refractivity contribution in [2.24, 2.45) is 23.7 Å². The molecular formula is C18H21N3O3. The Balaban J connectivity index is 1.43. The van der Waals surface area contributed by atoms with Gasteiger partial charge >= 0.3 is 0 Å². The van der Waals surface area contributed by atoms with Gasteiger partial charge < -0.3 is 14.8 Å². The summed E-state index contributed by atoms with van der Waals surface area (Å²) in [4.78, 5) is 31.7. The van der Waals surface area contributed by atoms with Crippen molar-refractivity contribution in [1.29, 1.82) is 0 Å². The van der Waals surface area contributed by atoms with Gasteiger partial charge in [-0.3, -0.25) is 9.69 Å². The Morgan fingerprint density at radius 3 is 2.38 bits per heavy atom. The molecule has 0 aromatic carbocycles. The van der Waals surface area contributed by atoms with Crippen LogP contribution in [0.3, 0.4) is 0 Å². The molecular weight excluding hydrogens is 306 g/mol. The minimum absolute atomic E-state index is 0.0160. The Morgan fingerprint density at radius 2 is 1.75 bits per heavy atom. The van der Waals surface area contributed by atoms with E-state index in [1.165, 1.54) is 0 Å². The Labute approximate surface area is 140 Å². The number of fused-ring (bicyclic) bond motifs is 2. The number of hydrogen-bond donors (Lipinski definition) is 0. The number of nitrogens with one attached hydrogen (secondary N) is 1. The fourth-order valence-corrected chi connectivity index (χ4v) is 4.44. The summed E-state index contributed by atoms with van der Waals surface area (Å²) >= 11 is 0. The zero-order chi connectivity index (χ0) is 16.7. The molecule has 0 radical (unpaired) electrons. The van der Waals surface area contributed by atoms with Gasteiger partial charge in [-0.2, -0.15) is 0 Å². The SMILES string of the molecule is O=C([O-])[C@@H]1[C@H](C(=O)N2CCN(c3cccc[nH+]3)CC2)[C@@H]2C=C[C@H]1C2. The van der Waals surface area contributed by atoms with E-state index in [-0.39, 0.29) is 17.7 Å². The number of carbonyl (C=O) groups excluding carboxylic acids is 2. The fourth-order valence-electron chi connectivity index (χ4n) is 4.44. The first kappa shape index (κ1) is 15.2. The molecule has 1 aliphatic heterocycles. The van der Waals surface area contributed by atoms with E-state index in [1.807, 2.05) is 41.4 Å². The smallest absolute Gasteiger partial charge is 0.274 e. The number of hydrogen-bond acceptors (Lipinski definition) is 4. The summed E-state index contributed by atoms with van der Waals surface area (Å²) < 4.78 is 0. The van der Waals surface area contributed by atoms with Crippen LogP contribution in [0.2, 0.25) is 0 Å². The van der Waals surface area contributed by atoms with E-state index in [2.05, 4.69) is 9.88 Å². The molecule has 1 aromatic heterocycles. The first-order chi connectivity index (χ1) is 11.6. The molecule has 4 atom stereocenters. The Hall–Kier alpha value is -2.37. The van der Waals surface area contributed by atoms with Crippen molar-refractivity contribution in [2.45, 2.75) is 6.42 Å². The van der Waals surface area contributed by atoms with Crippen LogP contribution < -0.4 is 15.0 Å². The second-order valence-corrected chi connectivity index (χ2v) is 6.88. The first-order valence-corrected chi connectivity index (χ1v) is 8.55. The number of H-pyrrole nitrogens is 1. The lowest BCUT2D eigenvalue weighted by molar-refractivity contribution is -0.364. The van der Waals surface area contributed by atoms with Gasteiger partial charge in [0, 0.05) is 18.0 Å². The van der Waals surface area contributed by atoms with E-state index in [1.54, 1.807) is 0 Å². The molecule has 2 heterocycles. The summed E-state index contributed by atoms with van der Waals surface area (Å²) in [6.07, 6.45) is 6.62. The number of rotatable bonds is 3. The van der Waals surface area contributed by atoms with Crippen LogP contribution >= 0.6 is 0 Å². The van der Waals surface area contributed by atoms with Gasteiger partial charge in [-0.05, 0) is 24.3 Å². The Morgan fingerprint density at radius 1 is 1.04 bits per heavy atom. The van der Waals surface area contributed by atoms with Gasteiger partial charge in [-0.1, -0.05) is 18.2 Å². The highest BCUT2D eigenvalue weighted by atomic mass is 16.4. The molecule has 1 saturated heterocycles. The number of piperazine rings is 1. The van der Waals surface area contributed by atoms with E-state index < -0.39 is 17.8 Å². The average Bonchev–Trinajstić information content (AvgIpc) is 3.23. The van der Waals surface area contributed by atoms with Gasteiger partial charge in [-0.25, -0.2) is 4.98 Å². The minimum Gasteiger partial charge on any atom is -0.550 e. The monoisotopic (exact) mass is 327 g/mol. The topological polar surface area (TPSA) is 77.8 Å². The van der Waals surface area contributed by atoms with Crippen LogP contribution in [0.15, 0.2) is 36.5 Å². The molecule has 4 rings (SSSR count). The molecule has 24 heavy (non-hydrogen) atoms. The Kier molecular flexibility index (Phi) is 3.75. The largest absolute Gasteiger partial charge is 0.550 e. The molecule has 6 heteroatoms. The lowest BCUT2D eigenvalue weighted by atomic mass is 9.82. The molecule has 0 unspecified atom stereocenters. The van der Waals surface area contributed by atoms with Crippen molar-refractivity contribution < 1.29 is 19.7 Å². The predicted molar refractivity (Wildman–Crippen MR) is 84.5 cm³/mol. The Bertz CT molecular complexity index is 667. The van der Waals surface area contributed by atoms with Crippen LogP contribution in [0, 0.1) is 23.7 Å². The quantitative estimate of drug-likeness (QED) is 0.691. The molecule has 1 N–H and O–H groups in total. The number of carbonyl (C=O) groups is 2. The van der Waals surface area contributed by atoms with Gasteiger partial charge in [0.2, 0.25) is 5.91 Å². The number of aromatic nitrogens is 1. The van der Waals surface area contributed by atoms with Crippen LogP contribution in [0.25, 0.3) is 0 Å². The van der Waals surface area contributed by atoms with E-state index in [0.717, 1.165) is 25.3 Å². The maximum atomic E-state index is 12.9. The number of carboxylic acids is 1. The van der Waals surface area contributed by atoms with E-state index in [0.29, 0.717) is 13.1 Å². The third-order valence-electron chi connectivity index (χ3n) is 5.64. The third kappa shape index (κ3) is 2.46. The van der Waals surface area contributed by atoms with E-state index >= 15 is 0 Å². The second-order valence-electron chi connectivity index (χ2n) is 6.88. The highest BCUT2D eigenvalue weighted by molar-refractivity contribution is 5.86. The van der Waals surface area contributed by atoms with Gasteiger partial charge in [0.25, 0.3) is 5.82 Å². The van der Waals surface area contributed by atoms with Gasteiger partial charge in [0.05, 0.1) is 25.2 Å². The molecule has 6 nitrogen and oxygen atoms in total. The minimum atomic E-state index is -1.08. The normalized spacial score (nSPS) is 31.5. The highest BCUT2D eigenvalue weighted by Gasteiger charge is 2.50. The van der Waals surface area contributed by atoms with Crippen molar-refractivity contribution in [3.8, 4) is 0 Å². The van der Waals surface area contributed by atoms with Crippen LogP contribution in [-0.2, 0) is 9.59 Å². The van der Waals surface area contributed by atoms with Crippen LogP contribution in [0.5, 0.6) is 0 Å². The number of aromatic amines is 1. The molecule has 1 saturated carbocycles. The molecule has 0 spiro atoms. The third-order valence-corrected chi connectivity index (χ3v) is 5.64.